The summed E-state index contributed by atoms with van der Waals surface area (Å²) in [4.78, 5) is 14.3. The zero-order chi connectivity index (χ0) is 17.1. The Morgan fingerprint density at radius 2 is 2.04 bits per heavy atom. The quantitative estimate of drug-likeness (QED) is 0.801. The molecule has 0 radical (unpaired) electrons. The number of rotatable bonds is 4. The van der Waals surface area contributed by atoms with Gasteiger partial charge in [-0.2, -0.15) is 0 Å². The minimum atomic E-state index is -0.210. The molecule has 2 aromatic carbocycles. The Morgan fingerprint density at radius 3 is 2.79 bits per heavy atom. The number of likely N-dealkylation sites (N-methyl/N-ethyl adjacent to an activating group) is 1. The van der Waals surface area contributed by atoms with E-state index >= 15 is 0 Å². The Bertz CT molecular complexity index is 750. The number of ether oxygens (including phenoxy) is 3. The first kappa shape index (κ1) is 16.6. The van der Waals surface area contributed by atoms with Crippen molar-refractivity contribution in [2.75, 3.05) is 27.3 Å². The minimum Gasteiger partial charge on any atom is -0.497 e. The monoisotopic (exact) mass is 391 g/mol. The molecule has 0 N–H and O–H groups in total. The Hall–Kier alpha value is -2.21. The normalized spacial score (nSPS) is 15.7. The zero-order valence-electron chi connectivity index (χ0n) is 13.5. The summed E-state index contributed by atoms with van der Waals surface area (Å²) in [6, 6.07) is 12.9. The van der Waals surface area contributed by atoms with Crippen molar-refractivity contribution in [2.24, 2.45) is 0 Å². The summed E-state index contributed by atoms with van der Waals surface area (Å²) in [6.45, 7) is 0.838. The number of halogens is 1. The maximum Gasteiger partial charge on any atom is 0.255 e. The molecule has 0 fully saturated rings. The molecule has 1 amide bonds. The van der Waals surface area contributed by atoms with Crippen LogP contribution in [0.25, 0.3) is 0 Å². The van der Waals surface area contributed by atoms with E-state index in [-0.39, 0.29) is 12.0 Å². The molecule has 1 aliphatic rings. The van der Waals surface area contributed by atoms with Crippen molar-refractivity contribution < 1.29 is 19.0 Å². The molecule has 2 aromatic rings. The van der Waals surface area contributed by atoms with Crippen molar-refractivity contribution >= 4 is 21.8 Å². The third kappa shape index (κ3) is 3.48. The molecule has 0 saturated heterocycles. The number of hydrogen-bond donors (Lipinski definition) is 0. The van der Waals surface area contributed by atoms with E-state index < -0.39 is 0 Å². The first-order valence-corrected chi connectivity index (χ1v) is 8.35. The smallest absolute Gasteiger partial charge is 0.255 e. The van der Waals surface area contributed by atoms with Crippen molar-refractivity contribution in [3.63, 3.8) is 0 Å². The third-order valence-corrected chi connectivity index (χ3v) is 4.49. The van der Waals surface area contributed by atoms with Crippen molar-refractivity contribution in [1.82, 2.24) is 4.90 Å². The summed E-state index contributed by atoms with van der Waals surface area (Å²) in [5.41, 5.74) is 0.550. The molecular weight excluding hydrogens is 374 g/mol. The lowest BCUT2D eigenvalue weighted by Crippen LogP contribution is -2.41. The van der Waals surface area contributed by atoms with E-state index in [9.17, 15) is 4.79 Å². The second-order valence-electron chi connectivity index (χ2n) is 5.53. The average Bonchev–Trinajstić information content (AvgIpc) is 2.61. The second kappa shape index (κ2) is 7.13. The molecule has 5 nitrogen and oxygen atoms in total. The molecule has 1 atom stereocenters. The van der Waals surface area contributed by atoms with E-state index in [0.29, 0.717) is 30.2 Å². The van der Waals surface area contributed by atoms with Crippen LogP contribution in [-0.4, -0.2) is 44.2 Å². The van der Waals surface area contributed by atoms with Gasteiger partial charge in [-0.25, -0.2) is 0 Å². The first-order chi connectivity index (χ1) is 11.6. The van der Waals surface area contributed by atoms with E-state index in [1.165, 1.54) is 0 Å². The van der Waals surface area contributed by atoms with E-state index in [0.717, 1.165) is 10.2 Å². The molecule has 24 heavy (non-hydrogen) atoms. The number of hydrogen-bond acceptors (Lipinski definition) is 4. The summed E-state index contributed by atoms with van der Waals surface area (Å²) in [5, 5.41) is 0. The molecule has 0 saturated carbocycles. The summed E-state index contributed by atoms with van der Waals surface area (Å²) in [5.74, 6) is 1.97. The highest BCUT2D eigenvalue weighted by atomic mass is 79.9. The predicted molar refractivity (Wildman–Crippen MR) is 94.0 cm³/mol. The van der Waals surface area contributed by atoms with E-state index in [2.05, 4.69) is 15.9 Å². The van der Waals surface area contributed by atoms with Gasteiger partial charge in [-0.15, -0.1) is 0 Å². The van der Waals surface area contributed by atoms with Crippen LogP contribution in [0.1, 0.15) is 10.4 Å². The fourth-order valence-corrected chi connectivity index (χ4v) is 2.96. The van der Waals surface area contributed by atoms with Crippen LogP contribution in [0, 0.1) is 0 Å². The second-order valence-corrected chi connectivity index (χ2v) is 6.38. The molecule has 3 rings (SSSR count). The maximum atomic E-state index is 12.7. The van der Waals surface area contributed by atoms with Crippen molar-refractivity contribution in [3.05, 3.63) is 52.5 Å². The summed E-state index contributed by atoms with van der Waals surface area (Å²) in [7, 11) is 3.32. The van der Waals surface area contributed by atoms with E-state index in [4.69, 9.17) is 14.2 Å². The van der Waals surface area contributed by atoms with Crippen LogP contribution < -0.4 is 14.2 Å². The van der Waals surface area contributed by atoms with Gasteiger partial charge < -0.3 is 19.1 Å². The van der Waals surface area contributed by atoms with Crippen molar-refractivity contribution in [2.45, 2.75) is 6.10 Å². The molecular formula is C18H18BrNO4. The Balaban J connectivity index is 1.69. The molecule has 1 unspecified atom stereocenters. The van der Waals surface area contributed by atoms with E-state index in [1.54, 1.807) is 37.3 Å². The number of fused-ring (bicyclic) bond motifs is 1. The van der Waals surface area contributed by atoms with Gasteiger partial charge in [0.15, 0.2) is 17.6 Å². The van der Waals surface area contributed by atoms with Crippen LogP contribution >= 0.6 is 15.9 Å². The largest absolute Gasteiger partial charge is 0.497 e. The SMILES string of the molecule is COc1ccc(Br)c(C(=O)N(C)CC2COc3ccccc3O2)c1. The summed E-state index contributed by atoms with van der Waals surface area (Å²) >= 11 is 3.42. The maximum absolute atomic E-state index is 12.7. The molecule has 0 aromatic heterocycles. The molecule has 126 valence electrons. The average molecular weight is 392 g/mol. The van der Waals surface area contributed by atoms with Crippen LogP contribution in [0.15, 0.2) is 46.9 Å². The number of benzene rings is 2. The molecule has 0 aliphatic carbocycles. The molecule has 1 aliphatic heterocycles. The predicted octanol–water partition coefficient (Wildman–Crippen LogP) is 3.37. The van der Waals surface area contributed by atoms with Gasteiger partial charge in [0.25, 0.3) is 5.91 Å². The number of methoxy groups -OCH3 is 1. The zero-order valence-corrected chi connectivity index (χ0v) is 15.1. The molecule has 0 bridgehead atoms. The fourth-order valence-electron chi connectivity index (χ4n) is 2.54. The highest BCUT2D eigenvalue weighted by Gasteiger charge is 2.25. The van der Waals surface area contributed by atoms with Gasteiger partial charge in [0.2, 0.25) is 0 Å². The number of nitrogens with zero attached hydrogens (tertiary/aromatic N) is 1. The third-order valence-electron chi connectivity index (χ3n) is 3.80. The molecule has 1 heterocycles. The van der Waals surface area contributed by atoms with Gasteiger partial charge in [-0.3, -0.25) is 4.79 Å². The van der Waals surface area contributed by atoms with Crippen LogP contribution in [0.2, 0.25) is 0 Å². The molecule has 0 spiro atoms. The van der Waals surface area contributed by atoms with Crippen LogP contribution in [-0.2, 0) is 0 Å². The van der Waals surface area contributed by atoms with Gasteiger partial charge in [0.05, 0.1) is 19.2 Å². The minimum absolute atomic E-state index is 0.108. The van der Waals surface area contributed by atoms with Crippen LogP contribution in [0.5, 0.6) is 17.2 Å². The Kier molecular flexibility index (Phi) is 4.94. The number of para-hydroxylation sites is 2. The van der Waals surface area contributed by atoms with E-state index in [1.807, 2.05) is 24.3 Å². The Labute approximate surface area is 149 Å². The van der Waals surface area contributed by atoms with Crippen LogP contribution in [0.3, 0.4) is 0 Å². The Morgan fingerprint density at radius 1 is 1.29 bits per heavy atom. The van der Waals surface area contributed by atoms with Gasteiger partial charge in [-0.05, 0) is 46.3 Å². The molecule has 6 heteroatoms. The highest BCUT2D eigenvalue weighted by Crippen LogP contribution is 2.31. The van der Waals surface area contributed by atoms with Gasteiger partial charge >= 0.3 is 0 Å². The van der Waals surface area contributed by atoms with Crippen LogP contribution in [0.4, 0.5) is 0 Å². The van der Waals surface area contributed by atoms with Crippen molar-refractivity contribution in [1.29, 1.82) is 0 Å². The van der Waals surface area contributed by atoms with Gasteiger partial charge in [-0.1, -0.05) is 12.1 Å². The first-order valence-electron chi connectivity index (χ1n) is 7.56. The van der Waals surface area contributed by atoms with Gasteiger partial charge in [0.1, 0.15) is 12.4 Å². The number of amides is 1. The number of carbonyl (C=O) groups excluding carboxylic acids is 1. The highest BCUT2D eigenvalue weighted by molar-refractivity contribution is 9.10. The standard InChI is InChI=1S/C18H18BrNO4/c1-20(18(21)14-9-12(22-2)7-8-15(14)19)10-13-11-23-16-5-3-4-6-17(16)24-13/h3-9,13H,10-11H2,1-2H3. The van der Waals surface area contributed by atoms with Gasteiger partial charge in [0, 0.05) is 11.5 Å². The summed E-state index contributed by atoms with van der Waals surface area (Å²) < 4.78 is 17.5. The fraction of sp³-hybridized carbons (Fsp3) is 0.278. The summed E-state index contributed by atoms with van der Waals surface area (Å²) in [6.07, 6.45) is -0.210. The lowest BCUT2D eigenvalue weighted by atomic mass is 10.2. The number of carbonyl (C=O) groups is 1. The lowest BCUT2D eigenvalue weighted by Gasteiger charge is -2.29. The van der Waals surface area contributed by atoms with Crippen molar-refractivity contribution in [3.8, 4) is 17.2 Å². The topological polar surface area (TPSA) is 48.0 Å². The lowest BCUT2D eigenvalue weighted by molar-refractivity contribution is 0.0520.